The van der Waals surface area contributed by atoms with Gasteiger partial charge in [0.2, 0.25) is 0 Å². The van der Waals surface area contributed by atoms with Crippen molar-refractivity contribution in [2.45, 2.75) is 33.0 Å². The maximum absolute atomic E-state index is 8.86. The summed E-state index contributed by atoms with van der Waals surface area (Å²) in [5.41, 5.74) is 0. The van der Waals surface area contributed by atoms with E-state index in [9.17, 15) is 0 Å². The van der Waals surface area contributed by atoms with Gasteiger partial charge in [0.1, 0.15) is 0 Å². The molecule has 0 bridgehead atoms. The highest BCUT2D eigenvalue weighted by molar-refractivity contribution is 4.49. The minimum atomic E-state index is -0.390. The van der Waals surface area contributed by atoms with E-state index in [-0.39, 0.29) is 12.2 Å². The van der Waals surface area contributed by atoms with Crippen LogP contribution in [0.1, 0.15) is 20.8 Å². The van der Waals surface area contributed by atoms with Crippen LogP contribution in [-0.2, 0) is 9.47 Å². The predicted molar refractivity (Wildman–Crippen MR) is 43.6 cm³/mol. The second-order valence-electron chi connectivity index (χ2n) is 2.65. The Bertz CT molecular complexity index is 83.4. The number of ether oxygens (including phenoxy) is 2. The molecular weight excluding hydrogens is 144 g/mol. The maximum atomic E-state index is 8.86. The lowest BCUT2D eigenvalue weighted by Gasteiger charge is -2.13. The molecule has 0 fully saturated rings. The molecule has 0 amide bonds. The van der Waals surface area contributed by atoms with Crippen LogP contribution in [0, 0.1) is 0 Å². The molecular formula is C8H18O3. The minimum absolute atomic E-state index is 0.0737. The van der Waals surface area contributed by atoms with Crippen molar-refractivity contribution in [3.05, 3.63) is 0 Å². The van der Waals surface area contributed by atoms with Gasteiger partial charge in [-0.1, -0.05) is 0 Å². The van der Waals surface area contributed by atoms with Crippen LogP contribution in [0.2, 0.25) is 0 Å². The Morgan fingerprint density at radius 2 is 1.91 bits per heavy atom. The Hall–Kier alpha value is -0.120. The van der Waals surface area contributed by atoms with Gasteiger partial charge in [0, 0.05) is 6.61 Å². The fraction of sp³-hybridized carbons (Fsp3) is 1.00. The van der Waals surface area contributed by atoms with Gasteiger partial charge >= 0.3 is 0 Å². The van der Waals surface area contributed by atoms with Crippen LogP contribution in [0.5, 0.6) is 0 Å². The van der Waals surface area contributed by atoms with Gasteiger partial charge in [0.15, 0.2) is 0 Å². The third-order valence-electron chi connectivity index (χ3n) is 1.18. The fourth-order valence-electron chi connectivity index (χ4n) is 0.635. The molecule has 68 valence electrons. The van der Waals surface area contributed by atoms with Crippen molar-refractivity contribution in [2.24, 2.45) is 0 Å². The molecule has 3 nitrogen and oxygen atoms in total. The summed E-state index contributed by atoms with van der Waals surface area (Å²) >= 11 is 0. The van der Waals surface area contributed by atoms with E-state index < -0.39 is 0 Å². The average molecular weight is 162 g/mol. The molecule has 0 aliphatic rings. The maximum Gasteiger partial charge on any atom is 0.0781 e. The second-order valence-corrected chi connectivity index (χ2v) is 2.65. The van der Waals surface area contributed by atoms with Crippen LogP contribution in [0.25, 0.3) is 0 Å². The zero-order chi connectivity index (χ0) is 8.69. The van der Waals surface area contributed by atoms with E-state index in [0.717, 1.165) is 0 Å². The number of rotatable bonds is 6. The van der Waals surface area contributed by atoms with Crippen molar-refractivity contribution in [3.8, 4) is 0 Å². The van der Waals surface area contributed by atoms with Gasteiger partial charge in [-0.2, -0.15) is 0 Å². The SMILES string of the molecule is CCOCC(C)OC[C@@H](C)O. The highest BCUT2D eigenvalue weighted by Gasteiger charge is 2.03. The molecule has 1 N–H and O–H groups in total. The lowest BCUT2D eigenvalue weighted by atomic mass is 10.4. The van der Waals surface area contributed by atoms with E-state index in [0.29, 0.717) is 19.8 Å². The first-order chi connectivity index (χ1) is 5.16. The average Bonchev–Trinajstić information content (AvgIpc) is 1.97. The van der Waals surface area contributed by atoms with Crippen LogP contribution < -0.4 is 0 Å². The summed E-state index contributed by atoms with van der Waals surface area (Å²) in [7, 11) is 0. The van der Waals surface area contributed by atoms with E-state index in [1.54, 1.807) is 6.92 Å². The van der Waals surface area contributed by atoms with Crippen molar-refractivity contribution >= 4 is 0 Å². The molecule has 0 spiro atoms. The largest absolute Gasteiger partial charge is 0.391 e. The van der Waals surface area contributed by atoms with E-state index in [1.165, 1.54) is 0 Å². The molecule has 3 heteroatoms. The molecule has 0 aromatic carbocycles. The zero-order valence-electron chi connectivity index (χ0n) is 7.54. The summed E-state index contributed by atoms with van der Waals surface area (Å²) in [5, 5.41) is 8.86. The molecule has 0 saturated carbocycles. The molecule has 11 heavy (non-hydrogen) atoms. The summed E-state index contributed by atoms with van der Waals surface area (Å²) < 4.78 is 10.4. The Kier molecular flexibility index (Phi) is 6.51. The number of aliphatic hydroxyl groups is 1. The molecule has 0 aliphatic heterocycles. The molecule has 0 aromatic heterocycles. The van der Waals surface area contributed by atoms with Crippen LogP contribution in [-0.4, -0.2) is 37.1 Å². The standard InChI is InChI=1S/C8H18O3/c1-4-10-6-8(3)11-5-7(2)9/h7-9H,4-6H2,1-3H3/t7-,8?/m1/s1. The first-order valence-electron chi connectivity index (χ1n) is 4.04. The number of hydrogen-bond acceptors (Lipinski definition) is 3. The predicted octanol–water partition coefficient (Wildman–Crippen LogP) is 0.809. The van der Waals surface area contributed by atoms with Crippen molar-refractivity contribution in [1.29, 1.82) is 0 Å². The van der Waals surface area contributed by atoms with Gasteiger partial charge in [-0.3, -0.25) is 0 Å². The third-order valence-corrected chi connectivity index (χ3v) is 1.18. The molecule has 0 aromatic rings. The van der Waals surface area contributed by atoms with Gasteiger partial charge in [0.05, 0.1) is 25.4 Å². The normalized spacial score (nSPS) is 16.4. The van der Waals surface area contributed by atoms with E-state index in [2.05, 4.69) is 0 Å². The van der Waals surface area contributed by atoms with E-state index in [1.807, 2.05) is 13.8 Å². The molecule has 0 heterocycles. The van der Waals surface area contributed by atoms with Crippen LogP contribution in [0.3, 0.4) is 0 Å². The molecule has 0 saturated heterocycles. The van der Waals surface area contributed by atoms with Gasteiger partial charge in [0.25, 0.3) is 0 Å². The quantitative estimate of drug-likeness (QED) is 0.628. The van der Waals surface area contributed by atoms with E-state index >= 15 is 0 Å². The highest BCUT2D eigenvalue weighted by atomic mass is 16.5. The number of hydrogen-bond donors (Lipinski definition) is 1. The molecule has 2 atom stereocenters. The second kappa shape index (κ2) is 6.58. The van der Waals surface area contributed by atoms with Crippen LogP contribution >= 0.6 is 0 Å². The monoisotopic (exact) mass is 162 g/mol. The topological polar surface area (TPSA) is 38.7 Å². The number of aliphatic hydroxyl groups excluding tert-OH is 1. The Morgan fingerprint density at radius 1 is 1.27 bits per heavy atom. The summed E-state index contributed by atoms with van der Waals surface area (Å²) in [6.07, 6.45) is -0.316. The lowest BCUT2D eigenvalue weighted by Crippen LogP contribution is -2.21. The Balaban J connectivity index is 3.15. The minimum Gasteiger partial charge on any atom is -0.391 e. The van der Waals surface area contributed by atoms with Gasteiger partial charge in [-0.25, -0.2) is 0 Å². The molecule has 1 unspecified atom stereocenters. The molecule has 0 radical (unpaired) electrons. The summed E-state index contributed by atoms with van der Waals surface area (Å²) in [4.78, 5) is 0. The van der Waals surface area contributed by atoms with E-state index in [4.69, 9.17) is 14.6 Å². The van der Waals surface area contributed by atoms with Crippen molar-refractivity contribution in [2.75, 3.05) is 19.8 Å². The van der Waals surface area contributed by atoms with Gasteiger partial charge in [-0.15, -0.1) is 0 Å². The van der Waals surface area contributed by atoms with Crippen molar-refractivity contribution < 1.29 is 14.6 Å². The van der Waals surface area contributed by atoms with Crippen LogP contribution in [0.4, 0.5) is 0 Å². The zero-order valence-corrected chi connectivity index (χ0v) is 7.54. The van der Waals surface area contributed by atoms with Gasteiger partial charge in [-0.05, 0) is 20.8 Å². The highest BCUT2D eigenvalue weighted by Crippen LogP contribution is 1.93. The Labute approximate surface area is 68.3 Å². The molecule has 0 aliphatic carbocycles. The van der Waals surface area contributed by atoms with Crippen molar-refractivity contribution in [1.82, 2.24) is 0 Å². The summed E-state index contributed by atoms with van der Waals surface area (Å²) in [5.74, 6) is 0. The summed E-state index contributed by atoms with van der Waals surface area (Å²) in [6, 6.07) is 0. The first kappa shape index (κ1) is 10.9. The van der Waals surface area contributed by atoms with Crippen LogP contribution in [0.15, 0.2) is 0 Å². The molecule has 0 rings (SSSR count). The fourth-order valence-corrected chi connectivity index (χ4v) is 0.635. The smallest absolute Gasteiger partial charge is 0.0781 e. The first-order valence-corrected chi connectivity index (χ1v) is 4.04. The Morgan fingerprint density at radius 3 is 2.36 bits per heavy atom. The third kappa shape index (κ3) is 7.78. The van der Waals surface area contributed by atoms with Gasteiger partial charge < -0.3 is 14.6 Å². The lowest BCUT2D eigenvalue weighted by molar-refractivity contribution is -0.0344. The summed E-state index contributed by atoms with van der Waals surface area (Å²) in [6.45, 7) is 7.27. The van der Waals surface area contributed by atoms with Crippen molar-refractivity contribution in [3.63, 3.8) is 0 Å².